The molecule has 2 heterocycles. The minimum Gasteiger partial charge on any atom is -0.303 e. The van der Waals surface area contributed by atoms with Gasteiger partial charge in [-0.05, 0) is 36.2 Å². The number of alkyl halides is 1. The molecule has 1 saturated heterocycles. The van der Waals surface area contributed by atoms with E-state index in [2.05, 4.69) is 4.98 Å². The number of imidazole rings is 1. The van der Waals surface area contributed by atoms with E-state index in [9.17, 15) is 21.6 Å². The summed E-state index contributed by atoms with van der Waals surface area (Å²) in [6.07, 6.45) is 4.06. The van der Waals surface area contributed by atoms with E-state index in [0.717, 1.165) is 12.1 Å². The minimum atomic E-state index is -4.43. The average molecular weight is 467 g/mol. The number of nitrogens with zero attached hydrogens (tertiary/aromatic N) is 3. The molecular weight excluding hydrogens is 446 g/mol. The molecule has 1 fully saturated rings. The van der Waals surface area contributed by atoms with Gasteiger partial charge < -0.3 is 9.47 Å². The lowest BCUT2D eigenvalue weighted by molar-refractivity contribution is 0.120. The Kier molecular flexibility index (Phi) is 6.09. The molecule has 0 bridgehead atoms. The van der Waals surface area contributed by atoms with Crippen molar-refractivity contribution in [2.45, 2.75) is 29.2 Å². The predicted octanol–water partition coefficient (Wildman–Crippen LogP) is 4.07. The number of halogens is 4. The van der Waals surface area contributed by atoms with E-state index in [4.69, 9.17) is 0 Å². The molecule has 4 rings (SSSR count). The van der Waals surface area contributed by atoms with Crippen LogP contribution < -0.4 is 0 Å². The van der Waals surface area contributed by atoms with Gasteiger partial charge in [-0.25, -0.2) is 31.0 Å². The third-order valence-electron chi connectivity index (χ3n) is 5.81. The highest BCUT2D eigenvalue weighted by atomic mass is 32.2. The fourth-order valence-electron chi connectivity index (χ4n) is 3.86. The summed E-state index contributed by atoms with van der Waals surface area (Å²) in [4.78, 5) is 5.24. The van der Waals surface area contributed by atoms with E-state index >= 15 is 4.39 Å². The van der Waals surface area contributed by atoms with Gasteiger partial charge in [0.25, 0.3) is 0 Å². The van der Waals surface area contributed by atoms with Crippen molar-refractivity contribution in [3.63, 3.8) is 0 Å². The number of aromatic nitrogens is 2. The van der Waals surface area contributed by atoms with Crippen molar-refractivity contribution in [1.82, 2.24) is 14.5 Å². The lowest BCUT2D eigenvalue weighted by Gasteiger charge is -2.36. The van der Waals surface area contributed by atoms with Gasteiger partial charge in [0.05, 0.1) is 16.9 Å². The van der Waals surface area contributed by atoms with Crippen LogP contribution in [0.3, 0.4) is 0 Å². The number of likely N-dealkylation sites (tertiary alicyclic amines) is 1. The first-order chi connectivity index (χ1) is 15.2. The van der Waals surface area contributed by atoms with Crippen LogP contribution in [0.4, 0.5) is 17.6 Å². The molecule has 32 heavy (non-hydrogen) atoms. The van der Waals surface area contributed by atoms with E-state index in [1.807, 2.05) is 4.90 Å². The van der Waals surface area contributed by atoms with Gasteiger partial charge in [-0.15, -0.1) is 0 Å². The summed E-state index contributed by atoms with van der Waals surface area (Å²) in [5.74, 6) is -2.11. The molecule has 0 unspecified atom stereocenters. The Bertz CT molecular complexity index is 1210. The molecule has 2 aromatic carbocycles. The highest BCUT2D eigenvalue weighted by Crippen LogP contribution is 2.37. The van der Waals surface area contributed by atoms with Crippen molar-refractivity contribution in [2.24, 2.45) is 0 Å². The first-order valence-electron chi connectivity index (χ1n) is 10.1. The van der Waals surface area contributed by atoms with E-state index < -0.39 is 37.2 Å². The maximum absolute atomic E-state index is 15.5. The number of benzene rings is 2. The second-order valence-corrected chi connectivity index (χ2v) is 10.0. The summed E-state index contributed by atoms with van der Waals surface area (Å²) >= 11 is 0. The maximum Gasteiger partial charge on any atom is 0.217 e. The van der Waals surface area contributed by atoms with E-state index in [0.29, 0.717) is 18.5 Å². The number of piperidine rings is 1. The first-order valence-corrected chi connectivity index (χ1v) is 11.6. The van der Waals surface area contributed by atoms with Crippen molar-refractivity contribution < 1.29 is 26.0 Å². The highest BCUT2D eigenvalue weighted by molar-refractivity contribution is 7.92. The molecule has 170 valence electrons. The number of hydrogen-bond donors (Lipinski definition) is 0. The van der Waals surface area contributed by atoms with Crippen molar-refractivity contribution in [1.29, 1.82) is 0 Å². The van der Waals surface area contributed by atoms with Gasteiger partial charge in [-0.2, -0.15) is 0 Å². The Hall–Kier alpha value is -2.72. The maximum atomic E-state index is 15.5. The zero-order chi connectivity index (χ0) is 22.9. The monoisotopic (exact) mass is 467 g/mol. The third-order valence-corrected chi connectivity index (χ3v) is 8.05. The number of sulfone groups is 1. The summed E-state index contributed by atoms with van der Waals surface area (Å²) in [5.41, 5.74) is 0.446. The van der Waals surface area contributed by atoms with Crippen LogP contribution in [0.15, 0.2) is 60.0 Å². The average Bonchev–Trinajstić information content (AvgIpc) is 3.29. The van der Waals surface area contributed by atoms with Crippen LogP contribution in [0.25, 0.3) is 5.69 Å². The molecule has 1 aliphatic heterocycles. The Balaban J connectivity index is 1.43. The molecule has 3 aromatic rings. The van der Waals surface area contributed by atoms with Crippen LogP contribution in [-0.2, 0) is 16.3 Å². The fraction of sp³-hybridized carbons (Fsp3) is 0.318. The van der Waals surface area contributed by atoms with Gasteiger partial charge in [0.15, 0.2) is 0 Å². The van der Waals surface area contributed by atoms with E-state index in [-0.39, 0.29) is 31.6 Å². The van der Waals surface area contributed by atoms with Crippen molar-refractivity contribution in [3.8, 4) is 5.69 Å². The molecule has 0 aliphatic carbocycles. The molecule has 0 N–H and O–H groups in total. The molecule has 0 amide bonds. The molecule has 1 aliphatic rings. The summed E-state index contributed by atoms with van der Waals surface area (Å²) in [6, 6.07) is 6.64. The van der Waals surface area contributed by atoms with Crippen LogP contribution in [0, 0.1) is 17.5 Å². The van der Waals surface area contributed by atoms with Crippen LogP contribution in [-0.4, -0.2) is 47.5 Å². The van der Waals surface area contributed by atoms with Gasteiger partial charge in [-0.3, -0.25) is 0 Å². The van der Waals surface area contributed by atoms with Crippen LogP contribution in [0.1, 0.15) is 18.4 Å². The minimum absolute atomic E-state index is 0.109. The standard InChI is InChI=1S/C22H21F4N3O2S/c23-17-2-1-16(19(24)13-17)5-9-28-10-6-22(26,7-11-28)32(30,31)18-3-4-21(20(25)14-18)29-12-8-27-15-29/h1-4,8,12-15H,5-7,9-11H2. The Morgan fingerprint density at radius 3 is 2.38 bits per heavy atom. The highest BCUT2D eigenvalue weighted by Gasteiger charge is 2.47. The number of hydrogen-bond acceptors (Lipinski definition) is 4. The fourth-order valence-corrected chi connectivity index (χ4v) is 5.51. The van der Waals surface area contributed by atoms with Gasteiger partial charge in [0, 0.05) is 50.9 Å². The third kappa shape index (κ3) is 4.29. The zero-order valence-electron chi connectivity index (χ0n) is 17.0. The second-order valence-electron chi connectivity index (χ2n) is 7.80. The predicted molar refractivity (Wildman–Crippen MR) is 110 cm³/mol. The molecule has 0 spiro atoms. The zero-order valence-corrected chi connectivity index (χ0v) is 17.8. The molecule has 0 saturated carbocycles. The SMILES string of the molecule is O=S(=O)(c1ccc(-n2ccnc2)c(F)c1)C1(F)CCN(CCc2ccc(F)cc2F)CC1. The number of rotatable bonds is 6. The van der Waals surface area contributed by atoms with Crippen LogP contribution in [0.2, 0.25) is 0 Å². The van der Waals surface area contributed by atoms with Crippen molar-refractivity contribution >= 4 is 9.84 Å². The molecule has 0 atom stereocenters. The Labute approximate surface area is 183 Å². The van der Waals surface area contributed by atoms with E-state index in [1.54, 1.807) is 0 Å². The van der Waals surface area contributed by atoms with Gasteiger partial charge in [-0.1, -0.05) is 6.07 Å². The van der Waals surface area contributed by atoms with Gasteiger partial charge in [0.2, 0.25) is 14.8 Å². The molecule has 10 heteroatoms. The largest absolute Gasteiger partial charge is 0.303 e. The molecule has 1 aromatic heterocycles. The summed E-state index contributed by atoms with van der Waals surface area (Å²) in [7, 11) is -4.43. The lowest BCUT2D eigenvalue weighted by atomic mass is 10.1. The smallest absolute Gasteiger partial charge is 0.217 e. The summed E-state index contributed by atoms with van der Waals surface area (Å²) in [5, 5.41) is -2.52. The van der Waals surface area contributed by atoms with Crippen molar-refractivity contribution in [3.05, 3.63) is 78.1 Å². The summed E-state index contributed by atoms with van der Waals surface area (Å²) in [6.45, 7) is 0.676. The van der Waals surface area contributed by atoms with Gasteiger partial charge in [0.1, 0.15) is 17.5 Å². The van der Waals surface area contributed by atoms with Crippen molar-refractivity contribution in [2.75, 3.05) is 19.6 Å². The van der Waals surface area contributed by atoms with E-state index in [1.165, 1.54) is 47.6 Å². The molecular formula is C22H21F4N3O2S. The quantitative estimate of drug-likeness (QED) is 0.513. The first kappa shape index (κ1) is 22.5. The normalized spacial score (nSPS) is 16.9. The van der Waals surface area contributed by atoms with Gasteiger partial charge >= 0.3 is 0 Å². The lowest BCUT2D eigenvalue weighted by Crippen LogP contribution is -2.46. The Morgan fingerprint density at radius 1 is 1.00 bits per heavy atom. The molecule has 5 nitrogen and oxygen atoms in total. The Morgan fingerprint density at radius 2 is 1.75 bits per heavy atom. The van der Waals surface area contributed by atoms with Crippen LogP contribution in [0.5, 0.6) is 0 Å². The van der Waals surface area contributed by atoms with Crippen LogP contribution >= 0.6 is 0 Å². The molecule has 0 radical (unpaired) electrons. The second kappa shape index (κ2) is 8.67. The summed E-state index contributed by atoms with van der Waals surface area (Å²) < 4.78 is 84.2. The topological polar surface area (TPSA) is 55.2 Å².